The number of nitrogens with zero attached hydrogens (tertiary/aromatic N) is 1. The van der Waals surface area contributed by atoms with Crippen LogP contribution in [0.3, 0.4) is 0 Å². The Morgan fingerprint density at radius 3 is 2.67 bits per heavy atom. The van der Waals surface area contributed by atoms with Crippen molar-refractivity contribution in [3.05, 3.63) is 29.8 Å². The quantitative estimate of drug-likeness (QED) is 0.839. The predicted octanol–water partition coefficient (Wildman–Crippen LogP) is 2.22. The Kier molecular flexibility index (Phi) is 5.02. The standard InChI is InChI=1S/C15H24N2O/c1-18-15-7-3-2-6-14(15)13(8-9-16)12-17-10-4-5-11-17/h2-3,6-7,13H,4-5,8-12,16H2,1H3. The summed E-state index contributed by atoms with van der Waals surface area (Å²) in [5.74, 6) is 1.49. The molecule has 1 aromatic carbocycles. The number of nitrogens with two attached hydrogens (primary N) is 1. The van der Waals surface area contributed by atoms with E-state index in [1.165, 1.54) is 31.5 Å². The van der Waals surface area contributed by atoms with Crippen molar-refractivity contribution in [1.82, 2.24) is 4.90 Å². The van der Waals surface area contributed by atoms with Crippen LogP contribution < -0.4 is 10.5 Å². The number of ether oxygens (including phenoxy) is 1. The Morgan fingerprint density at radius 1 is 1.28 bits per heavy atom. The first-order valence-corrected chi connectivity index (χ1v) is 6.90. The van der Waals surface area contributed by atoms with Crippen LogP contribution in [0, 0.1) is 0 Å². The lowest BCUT2D eigenvalue weighted by atomic mass is 9.94. The highest BCUT2D eigenvalue weighted by Gasteiger charge is 2.20. The zero-order valence-corrected chi connectivity index (χ0v) is 11.3. The van der Waals surface area contributed by atoms with Crippen molar-refractivity contribution in [2.75, 3.05) is 33.3 Å². The van der Waals surface area contributed by atoms with E-state index >= 15 is 0 Å². The van der Waals surface area contributed by atoms with Gasteiger partial charge in [-0.2, -0.15) is 0 Å². The highest BCUT2D eigenvalue weighted by atomic mass is 16.5. The molecule has 0 spiro atoms. The fourth-order valence-electron chi connectivity index (χ4n) is 2.83. The van der Waals surface area contributed by atoms with Crippen LogP contribution in [0.15, 0.2) is 24.3 Å². The molecule has 3 nitrogen and oxygen atoms in total. The molecule has 0 amide bonds. The van der Waals surface area contributed by atoms with Gasteiger partial charge in [0, 0.05) is 12.5 Å². The van der Waals surface area contributed by atoms with Crippen LogP contribution in [0.4, 0.5) is 0 Å². The molecular weight excluding hydrogens is 224 g/mol. The van der Waals surface area contributed by atoms with Gasteiger partial charge < -0.3 is 15.4 Å². The van der Waals surface area contributed by atoms with Gasteiger partial charge in [0.15, 0.2) is 0 Å². The smallest absolute Gasteiger partial charge is 0.122 e. The third-order valence-electron chi connectivity index (χ3n) is 3.77. The molecule has 0 bridgehead atoms. The van der Waals surface area contributed by atoms with Crippen LogP contribution in [-0.2, 0) is 0 Å². The molecule has 1 aromatic rings. The van der Waals surface area contributed by atoms with Gasteiger partial charge >= 0.3 is 0 Å². The van der Waals surface area contributed by atoms with E-state index in [0.29, 0.717) is 5.92 Å². The van der Waals surface area contributed by atoms with Crippen LogP contribution >= 0.6 is 0 Å². The van der Waals surface area contributed by atoms with Gasteiger partial charge in [0.25, 0.3) is 0 Å². The van der Waals surface area contributed by atoms with Crippen molar-refractivity contribution >= 4 is 0 Å². The minimum Gasteiger partial charge on any atom is -0.496 e. The van der Waals surface area contributed by atoms with Crippen LogP contribution in [-0.4, -0.2) is 38.2 Å². The number of hydrogen-bond donors (Lipinski definition) is 1. The van der Waals surface area contributed by atoms with Crippen molar-refractivity contribution in [2.45, 2.75) is 25.2 Å². The minimum absolute atomic E-state index is 0.490. The van der Waals surface area contributed by atoms with E-state index in [-0.39, 0.29) is 0 Å². The van der Waals surface area contributed by atoms with E-state index in [4.69, 9.17) is 10.5 Å². The average Bonchev–Trinajstić information content (AvgIpc) is 2.91. The summed E-state index contributed by atoms with van der Waals surface area (Å²) in [6.07, 6.45) is 3.69. The van der Waals surface area contributed by atoms with Crippen LogP contribution in [0.25, 0.3) is 0 Å². The molecular formula is C15H24N2O. The zero-order chi connectivity index (χ0) is 12.8. The number of methoxy groups -OCH3 is 1. The minimum atomic E-state index is 0.490. The molecule has 0 aliphatic carbocycles. The maximum absolute atomic E-state index is 5.77. The topological polar surface area (TPSA) is 38.5 Å². The second-order valence-corrected chi connectivity index (χ2v) is 5.02. The molecule has 0 radical (unpaired) electrons. The summed E-state index contributed by atoms with van der Waals surface area (Å²) in [6.45, 7) is 4.31. The predicted molar refractivity (Wildman–Crippen MR) is 75.1 cm³/mol. The molecule has 100 valence electrons. The molecule has 1 aliphatic rings. The normalized spacial score (nSPS) is 17.9. The molecule has 1 aliphatic heterocycles. The SMILES string of the molecule is COc1ccccc1C(CCN)CN1CCCC1. The van der Waals surface area contributed by atoms with Gasteiger partial charge in [0.2, 0.25) is 0 Å². The van der Waals surface area contributed by atoms with Gasteiger partial charge in [-0.3, -0.25) is 0 Å². The Balaban J connectivity index is 2.11. The molecule has 1 unspecified atom stereocenters. The third-order valence-corrected chi connectivity index (χ3v) is 3.77. The first-order valence-electron chi connectivity index (χ1n) is 6.90. The van der Waals surface area contributed by atoms with Gasteiger partial charge in [-0.15, -0.1) is 0 Å². The van der Waals surface area contributed by atoms with Crippen LogP contribution in [0.2, 0.25) is 0 Å². The summed E-state index contributed by atoms with van der Waals surface area (Å²) >= 11 is 0. The second-order valence-electron chi connectivity index (χ2n) is 5.02. The first kappa shape index (κ1) is 13.4. The molecule has 0 saturated carbocycles. The van der Waals surface area contributed by atoms with E-state index < -0.39 is 0 Å². The second kappa shape index (κ2) is 6.76. The van der Waals surface area contributed by atoms with Crippen molar-refractivity contribution in [3.63, 3.8) is 0 Å². The van der Waals surface area contributed by atoms with E-state index in [1.807, 2.05) is 12.1 Å². The number of para-hydroxylation sites is 1. The van der Waals surface area contributed by atoms with Gasteiger partial charge in [0.05, 0.1) is 7.11 Å². The molecule has 0 aromatic heterocycles. The number of hydrogen-bond acceptors (Lipinski definition) is 3. The van der Waals surface area contributed by atoms with E-state index in [1.54, 1.807) is 7.11 Å². The van der Waals surface area contributed by atoms with Gasteiger partial charge in [-0.05, 0) is 50.5 Å². The Bertz CT molecular complexity index is 361. The number of likely N-dealkylation sites (tertiary alicyclic amines) is 1. The maximum Gasteiger partial charge on any atom is 0.122 e. The summed E-state index contributed by atoms with van der Waals surface area (Å²) in [6, 6.07) is 8.33. The largest absolute Gasteiger partial charge is 0.496 e. The fraction of sp³-hybridized carbons (Fsp3) is 0.600. The summed E-state index contributed by atoms with van der Waals surface area (Å²) in [5, 5.41) is 0. The Labute approximate surface area is 110 Å². The van der Waals surface area contributed by atoms with Crippen molar-refractivity contribution in [3.8, 4) is 5.75 Å². The molecule has 1 saturated heterocycles. The van der Waals surface area contributed by atoms with Crippen LogP contribution in [0.1, 0.15) is 30.7 Å². The summed E-state index contributed by atoms with van der Waals surface area (Å²) < 4.78 is 5.48. The highest BCUT2D eigenvalue weighted by Crippen LogP contribution is 2.30. The fourth-order valence-corrected chi connectivity index (χ4v) is 2.83. The van der Waals surface area contributed by atoms with Crippen LogP contribution in [0.5, 0.6) is 5.75 Å². The summed E-state index contributed by atoms with van der Waals surface area (Å²) in [7, 11) is 1.74. The average molecular weight is 248 g/mol. The van der Waals surface area contributed by atoms with Crippen molar-refractivity contribution in [1.29, 1.82) is 0 Å². The van der Waals surface area contributed by atoms with Gasteiger partial charge in [0.1, 0.15) is 5.75 Å². The van der Waals surface area contributed by atoms with E-state index in [9.17, 15) is 0 Å². The van der Waals surface area contributed by atoms with Gasteiger partial charge in [-0.1, -0.05) is 18.2 Å². The van der Waals surface area contributed by atoms with Gasteiger partial charge in [-0.25, -0.2) is 0 Å². The van der Waals surface area contributed by atoms with E-state index in [2.05, 4.69) is 17.0 Å². The lowest BCUT2D eigenvalue weighted by molar-refractivity contribution is 0.303. The number of rotatable bonds is 6. The maximum atomic E-state index is 5.77. The molecule has 2 N–H and O–H groups in total. The van der Waals surface area contributed by atoms with Crippen molar-refractivity contribution < 1.29 is 4.74 Å². The lowest BCUT2D eigenvalue weighted by Crippen LogP contribution is -2.27. The molecule has 3 heteroatoms. The Hall–Kier alpha value is -1.06. The number of benzene rings is 1. The molecule has 1 heterocycles. The van der Waals surface area contributed by atoms with Crippen molar-refractivity contribution in [2.24, 2.45) is 5.73 Å². The molecule has 1 atom stereocenters. The highest BCUT2D eigenvalue weighted by molar-refractivity contribution is 5.36. The first-order chi connectivity index (χ1) is 8.85. The third kappa shape index (κ3) is 3.24. The monoisotopic (exact) mass is 248 g/mol. The zero-order valence-electron chi connectivity index (χ0n) is 11.3. The molecule has 2 rings (SSSR count). The molecule has 18 heavy (non-hydrogen) atoms. The lowest BCUT2D eigenvalue weighted by Gasteiger charge is -2.24. The summed E-state index contributed by atoms with van der Waals surface area (Å²) in [4.78, 5) is 2.55. The summed E-state index contributed by atoms with van der Waals surface area (Å²) in [5.41, 5.74) is 7.08. The van der Waals surface area contributed by atoms with E-state index in [0.717, 1.165) is 25.3 Å². The molecule has 1 fully saturated rings. The Morgan fingerprint density at radius 2 is 2.00 bits per heavy atom.